The lowest BCUT2D eigenvalue weighted by atomic mass is 10.0. The summed E-state index contributed by atoms with van der Waals surface area (Å²) in [4.78, 5) is 25.3. The minimum absolute atomic E-state index is 0. The molecule has 2 saturated carbocycles. The van der Waals surface area contributed by atoms with Gasteiger partial charge in [0, 0.05) is 13.5 Å². The van der Waals surface area contributed by atoms with E-state index >= 15 is 0 Å². The summed E-state index contributed by atoms with van der Waals surface area (Å²) in [6, 6.07) is -0.785. The van der Waals surface area contributed by atoms with E-state index in [0.717, 1.165) is 11.8 Å². The fourth-order valence-electron chi connectivity index (χ4n) is 3.80. The predicted molar refractivity (Wildman–Crippen MR) is 110 cm³/mol. The molecular formula is C22H37NO4. The molecule has 5 heteroatoms. The number of nitrogens with zero attached hydrogens (tertiary/aromatic N) is 1. The van der Waals surface area contributed by atoms with Crippen LogP contribution in [0, 0.1) is 17.8 Å². The van der Waals surface area contributed by atoms with Crippen molar-refractivity contribution in [3.05, 3.63) is 36.1 Å². The Morgan fingerprint density at radius 3 is 2.30 bits per heavy atom. The molecule has 3 unspecified atom stereocenters. The smallest absolute Gasteiger partial charge is 0.261 e. The second-order valence-corrected chi connectivity index (χ2v) is 7.16. The van der Waals surface area contributed by atoms with E-state index in [0.29, 0.717) is 12.3 Å². The van der Waals surface area contributed by atoms with Crippen LogP contribution in [0.5, 0.6) is 0 Å². The van der Waals surface area contributed by atoms with Crippen molar-refractivity contribution in [2.75, 3.05) is 13.7 Å². The summed E-state index contributed by atoms with van der Waals surface area (Å²) >= 11 is 0. The first-order valence-electron chi connectivity index (χ1n) is 9.02. The van der Waals surface area contributed by atoms with Crippen molar-refractivity contribution in [1.82, 2.24) is 4.90 Å². The van der Waals surface area contributed by atoms with Gasteiger partial charge in [0.25, 0.3) is 5.91 Å². The van der Waals surface area contributed by atoms with E-state index in [9.17, 15) is 19.8 Å². The second-order valence-electron chi connectivity index (χ2n) is 7.16. The number of amides is 1. The van der Waals surface area contributed by atoms with Crippen molar-refractivity contribution in [3.63, 3.8) is 0 Å². The number of ketones is 1. The Balaban J connectivity index is 0.00000127. The number of allylic oxidation sites excluding steroid dienone is 3. The van der Waals surface area contributed by atoms with E-state index in [4.69, 9.17) is 0 Å². The summed E-state index contributed by atoms with van der Waals surface area (Å²) in [5, 5.41) is 19.1. The molecule has 3 rings (SSSR count). The fourth-order valence-corrected chi connectivity index (χ4v) is 3.80. The van der Waals surface area contributed by atoms with Crippen molar-refractivity contribution in [3.8, 4) is 0 Å². The van der Waals surface area contributed by atoms with Crippen LogP contribution < -0.4 is 0 Å². The highest BCUT2D eigenvalue weighted by Gasteiger charge is 2.44. The van der Waals surface area contributed by atoms with Crippen molar-refractivity contribution in [2.45, 2.75) is 59.9 Å². The molecule has 2 N–H and O–H groups in total. The Morgan fingerprint density at radius 2 is 1.81 bits per heavy atom. The molecule has 0 spiro atoms. The number of carbonyl (C=O) groups is 2. The van der Waals surface area contributed by atoms with Crippen LogP contribution in [0.25, 0.3) is 0 Å². The highest BCUT2D eigenvalue weighted by molar-refractivity contribution is 6.21. The molecule has 27 heavy (non-hydrogen) atoms. The highest BCUT2D eigenvalue weighted by Crippen LogP contribution is 2.54. The summed E-state index contributed by atoms with van der Waals surface area (Å²) < 4.78 is 0. The first kappa shape index (κ1) is 25.1. The number of fused-ring (bicyclic) bond motifs is 1. The maximum absolute atomic E-state index is 12.1. The van der Waals surface area contributed by atoms with Crippen LogP contribution in [-0.2, 0) is 9.59 Å². The van der Waals surface area contributed by atoms with Gasteiger partial charge in [-0.3, -0.25) is 9.59 Å². The molecule has 1 amide bonds. The zero-order valence-corrected chi connectivity index (χ0v) is 15.1. The molecule has 2 aliphatic carbocycles. The number of hydrogen-bond acceptors (Lipinski definition) is 4. The average Bonchev–Trinajstić information content (AvgIpc) is 3.11. The molecule has 1 aliphatic heterocycles. The fraction of sp³-hybridized carbons (Fsp3) is 0.636. The van der Waals surface area contributed by atoms with Gasteiger partial charge in [-0.15, -0.1) is 6.58 Å². The van der Waals surface area contributed by atoms with Gasteiger partial charge in [0.2, 0.25) is 0 Å². The Hall–Kier alpha value is -1.88. The molecule has 3 aliphatic rings. The van der Waals surface area contributed by atoms with Crippen LogP contribution >= 0.6 is 0 Å². The second kappa shape index (κ2) is 11.1. The summed E-state index contributed by atoms with van der Waals surface area (Å²) in [5.74, 6) is 1.41. The standard InChI is InChI=1S/C17H23NO4.C3H6.2CH4/c1-18-13(9-19)16(21)15(17(18)22)14(20)5-3-2-4-10-6-11-8-12(11)7-10;1-3-2;;/h2,4,10-13,19,21H,3,5-9H2,1H3;3H,1H2,2H3;2*1H4. The lowest BCUT2D eigenvalue weighted by molar-refractivity contribution is -0.128. The van der Waals surface area contributed by atoms with Crippen LogP contribution in [0.15, 0.2) is 36.1 Å². The zero-order chi connectivity index (χ0) is 18.6. The van der Waals surface area contributed by atoms with Gasteiger partial charge in [-0.1, -0.05) is 33.1 Å². The van der Waals surface area contributed by atoms with Crippen LogP contribution in [-0.4, -0.2) is 46.5 Å². The molecule has 0 aromatic rings. The number of aliphatic hydroxyl groups is 2. The van der Waals surface area contributed by atoms with Gasteiger partial charge in [0.1, 0.15) is 17.4 Å². The Morgan fingerprint density at radius 1 is 1.26 bits per heavy atom. The number of likely N-dealkylation sites (N-methyl/N-ethyl adjacent to an activating group) is 1. The van der Waals surface area contributed by atoms with E-state index in [1.165, 1.54) is 31.2 Å². The third kappa shape index (κ3) is 5.80. The van der Waals surface area contributed by atoms with E-state index in [-0.39, 0.29) is 45.0 Å². The van der Waals surface area contributed by atoms with Gasteiger partial charge in [-0.05, 0) is 50.4 Å². The minimum atomic E-state index is -0.785. The number of Topliss-reactive ketones (excluding diaryl/α,β-unsaturated/α-hetero) is 1. The number of carbonyl (C=O) groups excluding carboxylic acids is 2. The largest absolute Gasteiger partial charge is 0.509 e. The van der Waals surface area contributed by atoms with Gasteiger partial charge >= 0.3 is 0 Å². The summed E-state index contributed by atoms with van der Waals surface area (Å²) in [6.07, 6.45) is 10.7. The third-order valence-electron chi connectivity index (χ3n) is 5.25. The van der Waals surface area contributed by atoms with Gasteiger partial charge in [0.15, 0.2) is 5.78 Å². The van der Waals surface area contributed by atoms with Crippen LogP contribution in [0.4, 0.5) is 0 Å². The van der Waals surface area contributed by atoms with Crippen molar-refractivity contribution >= 4 is 11.7 Å². The van der Waals surface area contributed by atoms with Crippen LogP contribution in [0.2, 0.25) is 0 Å². The quantitative estimate of drug-likeness (QED) is 0.539. The van der Waals surface area contributed by atoms with Gasteiger partial charge < -0.3 is 15.1 Å². The average molecular weight is 380 g/mol. The lowest BCUT2D eigenvalue weighted by Gasteiger charge is -2.17. The minimum Gasteiger partial charge on any atom is -0.509 e. The van der Waals surface area contributed by atoms with Gasteiger partial charge in [-0.25, -0.2) is 0 Å². The van der Waals surface area contributed by atoms with Crippen LogP contribution in [0.3, 0.4) is 0 Å². The molecule has 0 aromatic heterocycles. The number of aliphatic hydroxyl groups excluding tert-OH is 2. The molecule has 0 radical (unpaired) electrons. The van der Waals surface area contributed by atoms with Crippen LogP contribution in [0.1, 0.15) is 53.9 Å². The third-order valence-corrected chi connectivity index (χ3v) is 5.25. The van der Waals surface area contributed by atoms with E-state index in [2.05, 4.69) is 12.7 Å². The van der Waals surface area contributed by atoms with Gasteiger partial charge in [-0.2, -0.15) is 0 Å². The molecule has 0 aromatic carbocycles. The molecule has 5 nitrogen and oxygen atoms in total. The van der Waals surface area contributed by atoms with Crippen molar-refractivity contribution in [2.24, 2.45) is 17.8 Å². The maximum Gasteiger partial charge on any atom is 0.261 e. The first-order valence-corrected chi connectivity index (χ1v) is 9.02. The molecule has 1 heterocycles. The molecule has 0 saturated heterocycles. The number of rotatable bonds is 6. The Bertz CT molecular complexity index is 583. The summed E-state index contributed by atoms with van der Waals surface area (Å²) in [7, 11) is 1.48. The monoisotopic (exact) mass is 379 g/mol. The normalized spacial score (nSPS) is 28.1. The summed E-state index contributed by atoms with van der Waals surface area (Å²) in [6.45, 7) is 4.87. The maximum atomic E-state index is 12.1. The molecular weight excluding hydrogens is 342 g/mol. The summed E-state index contributed by atoms with van der Waals surface area (Å²) in [5.41, 5.74) is -0.155. The molecule has 2 fully saturated rings. The van der Waals surface area contributed by atoms with Gasteiger partial charge in [0.05, 0.1) is 6.61 Å². The van der Waals surface area contributed by atoms with E-state index in [1.807, 2.05) is 13.0 Å². The van der Waals surface area contributed by atoms with Crippen molar-refractivity contribution in [1.29, 1.82) is 0 Å². The predicted octanol–water partition coefficient (Wildman–Crippen LogP) is 4.05. The lowest BCUT2D eigenvalue weighted by Crippen LogP contribution is -2.34. The van der Waals surface area contributed by atoms with E-state index < -0.39 is 11.9 Å². The first-order chi connectivity index (χ1) is 11.9. The highest BCUT2D eigenvalue weighted by atomic mass is 16.3. The zero-order valence-electron chi connectivity index (χ0n) is 15.1. The topological polar surface area (TPSA) is 77.8 Å². The van der Waals surface area contributed by atoms with E-state index in [1.54, 1.807) is 6.08 Å². The molecule has 0 bridgehead atoms. The number of hydrogen-bond donors (Lipinski definition) is 2. The Labute approximate surface area is 164 Å². The molecule has 3 atom stereocenters. The van der Waals surface area contributed by atoms with Crippen molar-refractivity contribution < 1.29 is 19.8 Å². The molecule has 154 valence electrons. The Kier molecular flexibility index (Phi) is 10.3. The SMILES string of the molecule is C.C.C=CC.CN1C(=O)C(C(=O)CCC=CC2CC3CC3C2)=C(O)C1CO.